The molecule has 0 aromatic heterocycles. The van der Waals surface area contributed by atoms with Crippen molar-refractivity contribution in [1.82, 2.24) is 4.90 Å². The Morgan fingerprint density at radius 3 is 2.90 bits per heavy atom. The lowest BCUT2D eigenvalue weighted by atomic mass is 10.0. The number of alkyl halides is 1. The number of ether oxygens (including phenoxy) is 1. The molecule has 6 heteroatoms. The maximum atomic E-state index is 13.6. The van der Waals surface area contributed by atoms with E-state index in [1.165, 1.54) is 6.07 Å². The van der Waals surface area contributed by atoms with E-state index in [2.05, 4.69) is 31.9 Å². The largest absolute Gasteiger partial charge is 0.368 e. The quantitative estimate of drug-likeness (QED) is 0.699. The van der Waals surface area contributed by atoms with Crippen molar-refractivity contribution in [3.8, 4) is 0 Å². The summed E-state index contributed by atoms with van der Waals surface area (Å²) in [4.78, 5) is 14.3. The van der Waals surface area contributed by atoms with Crippen LogP contribution in [0.4, 0.5) is 4.39 Å². The average Bonchev–Trinajstić information content (AvgIpc) is 2.39. The van der Waals surface area contributed by atoms with Crippen molar-refractivity contribution in [2.75, 3.05) is 18.4 Å². The Bertz CT molecular complexity index is 522. The van der Waals surface area contributed by atoms with Gasteiger partial charge in [-0.3, -0.25) is 4.79 Å². The molecule has 0 N–H and O–H groups in total. The van der Waals surface area contributed by atoms with Gasteiger partial charge in [-0.2, -0.15) is 0 Å². The topological polar surface area (TPSA) is 29.5 Å². The van der Waals surface area contributed by atoms with E-state index in [0.29, 0.717) is 24.0 Å². The smallest absolute Gasteiger partial charge is 0.255 e. The summed E-state index contributed by atoms with van der Waals surface area (Å²) in [6.07, 6.45) is -0.0602. The van der Waals surface area contributed by atoms with Crippen LogP contribution in [0.25, 0.3) is 0 Å². The highest BCUT2D eigenvalue weighted by Gasteiger charge is 2.36. The van der Waals surface area contributed by atoms with Crippen molar-refractivity contribution in [2.24, 2.45) is 0 Å². The minimum Gasteiger partial charge on any atom is -0.368 e. The standard InChI is InChI=1S/C14H16Br2FNO2/c1-14(2)8-18(7-9(6-15)20-14)13(19)10-4-3-5-11(17)12(10)16/h3-5,9H,6-8H2,1-2H3. The first-order valence-electron chi connectivity index (χ1n) is 6.31. The van der Waals surface area contributed by atoms with Crippen molar-refractivity contribution < 1.29 is 13.9 Å². The normalized spacial score (nSPS) is 21.9. The highest BCUT2D eigenvalue weighted by Crippen LogP contribution is 2.26. The summed E-state index contributed by atoms with van der Waals surface area (Å²) in [6.45, 7) is 4.88. The van der Waals surface area contributed by atoms with Gasteiger partial charge in [-0.25, -0.2) is 4.39 Å². The number of morpholine rings is 1. The molecule has 110 valence electrons. The number of carbonyl (C=O) groups is 1. The summed E-state index contributed by atoms with van der Waals surface area (Å²) in [6, 6.07) is 4.49. The zero-order chi connectivity index (χ0) is 14.9. The molecular formula is C14H16Br2FNO2. The Hall–Kier alpha value is -0.460. The van der Waals surface area contributed by atoms with Crippen LogP contribution >= 0.6 is 31.9 Å². The van der Waals surface area contributed by atoms with Gasteiger partial charge in [-0.05, 0) is 41.9 Å². The second-order valence-corrected chi connectivity index (χ2v) is 6.88. The number of rotatable bonds is 2. The fourth-order valence-corrected chi connectivity index (χ4v) is 3.14. The van der Waals surface area contributed by atoms with Gasteiger partial charge in [0.05, 0.1) is 21.7 Å². The van der Waals surface area contributed by atoms with Gasteiger partial charge >= 0.3 is 0 Å². The molecule has 0 aliphatic carbocycles. The van der Waals surface area contributed by atoms with Crippen LogP contribution in [-0.4, -0.2) is 40.9 Å². The lowest BCUT2D eigenvalue weighted by Crippen LogP contribution is -2.55. The summed E-state index contributed by atoms with van der Waals surface area (Å²) in [5.74, 6) is -0.612. The Labute approximate surface area is 134 Å². The number of carbonyl (C=O) groups excluding carboxylic acids is 1. The van der Waals surface area contributed by atoms with Gasteiger partial charge in [-0.15, -0.1) is 0 Å². The first-order valence-corrected chi connectivity index (χ1v) is 8.22. The van der Waals surface area contributed by atoms with E-state index in [0.717, 1.165) is 0 Å². The molecule has 1 aliphatic rings. The van der Waals surface area contributed by atoms with Crippen molar-refractivity contribution in [1.29, 1.82) is 0 Å². The van der Waals surface area contributed by atoms with Crippen LogP contribution in [0.1, 0.15) is 24.2 Å². The Balaban J connectivity index is 2.26. The van der Waals surface area contributed by atoms with Crippen LogP contribution in [0.5, 0.6) is 0 Å². The second-order valence-electron chi connectivity index (χ2n) is 5.44. The van der Waals surface area contributed by atoms with Crippen LogP contribution in [-0.2, 0) is 4.74 Å². The third-order valence-electron chi connectivity index (χ3n) is 3.12. The van der Waals surface area contributed by atoms with Gasteiger partial charge in [0.25, 0.3) is 5.91 Å². The van der Waals surface area contributed by atoms with E-state index < -0.39 is 11.4 Å². The number of benzene rings is 1. The van der Waals surface area contributed by atoms with E-state index >= 15 is 0 Å². The van der Waals surface area contributed by atoms with Gasteiger partial charge in [0.2, 0.25) is 0 Å². The van der Waals surface area contributed by atoms with Gasteiger partial charge < -0.3 is 9.64 Å². The fraction of sp³-hybridized carbons (Fsp3) is 0.500. The number of hydrogen-bond donors (Lipinski definition) is 0. The number of halogens is 3. The highest BCUT2D eigenvalue weighted by atomic mass is 79.9. The molecule has 3 nitrogen and oxygen atoms in total. The SMILES string of the molecule is CC1(C)CN(C(=O)c2cccc(F)c2Br)CC(CBr)O1. The maximum Gasteiger partial charge on any atom is 0.255 e. The summed E-state index contributed by atoms with van der Waals surface area (Å²) < 4.78 is 19.6. The minimum atomic E-state index is -0.430. The molecule has 0 bridgehead atoms. The molecule has 1 unspecified atom stereocenters. The Kier molecular flexibility index (Phi) is 4.87. The van der Waals surface area contributed by atoms with Crippen molar-refractivity contribution in [2.45, 2.75) is 25.6 Å². The predicted molar refractivity (Wildman–Crippen MR) is 82.7 cm³/mol. The van der Waals surface area contributed by atoms with Crippen LogP contribution in [0.15, 0.2) is 22.7 Å². The molecular weight excluding hydrogens is 393 g/mol. The molecule has 1 amide bonds. The zero-order valence-electron chi connectivity index (χ0n) is 11.3. The lowest BCUT2D eigenvalue weighted by molar-refractivity contribution is -0.116. The van der Waals surface area contributed by atoms with E-state index in [9.17, 15) is 9.18 Å². The average molecular weight is 409 g/mol. The van der Waals surface area contributed by atoms with Crippen molar-refractivity contribution >= 4 is 37.8 Å². The Morgan fingerprint density at radius 2 is 2.25 bits per heavy atom. The molecule has 1 heterocycles. The van der Waals surface area contributed by atoms with Crippen LogP contribution in [0.2, 0.25) is 0 Å². The molecule has 2 rings (SSSR count). The highest BCUT2D eigenvalue weighted by molar-refractivity contribution is 9.10. The van der Waals surface area contributed by atoms with E-state index in [4.69, 9.17) is 4.74 Å². The number of amides is 1. The van der Waals surface area contributed by atoms with Gasteiger partial charge in [0.15, 0.2) is 0 Å². The fourth-order valence-electron chi connectivity index (χ4n) is 2.37. The monoisotopic (exact) mass is 407 g/mol. The first-order chi connectivity index (χ1) is 9.34. The third kappa shape index (κ3) is 3.40. The molecule has 1 saturated heterocycles. The molecule has 20 heavy (non-hydrogen) atoms. The van der Waals surface area contributed by atoms with Gasteiger partial charge in [-0.1, -0.05) is 22.0 Å². The minimum absolute atomic E-state index is 0.0602. The molecule has 1 fully saturated rings. The van der Waals surface area contributed by atoms with E-state index in [-0.39, 0.29) is 16.5 Å². The Morgan fingerprint density at radius 1 is 1.55 bits per heavy atom. The number of hydrogen-bond acceptors (Lipinski definition) is 2. The van der Waals surface area contributed by atoms with Crippen LogP contribution in [0.3, 0.4) is 0 Å². The van der Waals surface area contributed by atoms with Crippen molar-refractivity contribution in [3.05, 3.63) is 34.1 Å². The third-order valence-corrected chi connectivity index (χ3v) is 4.65. The summed E-state index contributed by atoms with van der Waals surface area (Å²) in [5.41, 5.74) is -0.0670. The summed E-state index contributed by atoms with van der Waals surface area (Å²) in [7, 11) is 0. The molecule has 0 saturated carbocycles. The van der Waals surface area contributed by atoms with E-state index in [1.54, 1.807) is 17.0 Å². The molecule has 1 aromatic rings. The first kappa shape index (κ1) is 15.9. The predicted octanol–water partition coefficient (Wildman–Crippen LogP) is 3.60. The summed E-state index contributed by atoms with van der Waals surface area (Å²) >= 11 is 6.53. The van der Waals surface area contributed by atoms with Gasteiger partial charge in [0, 0.05) is 18.4 Å². The van der Waals surface area contributed by atoms with Gasteiger partial charge in [0.1, 0.15) is 5.82 Å². The summed E-state index contributed by atoms with van der Waals surface area (Å²) in [5, 5.41) is 0.657. The van der Waals surface area contributed by atoms with Crippen LogP contribution in [0, 0.1) is 5.82 Å². The second kappa shape index (κ2) is 6.12. The molecule has 1 aromatic carbocycles. The molecule has 0 radical (unpaired) electrons. The molecule has 0 spiro atoms. The van der Waals surface area contributed by atoms with Crippen molar-refractivity contribution in [3.63, 3.8) is 0 Å². The maximum absolute atomic E-state index is 13.6. The number of nitrogens with zero attached hydrogens (tertiary/aromatic N) is 1. The van der Waals surface area contributed by atoms with Crippen LogP contribution < -0.4 is 0 Å². The molecule has 1 aliphatic heterocycles. The van der Waals surface area contributed by atoms with E-state index in [1.807, 2.05) is 13.8 Å². The lowest BCUT2D eigenvalue weighted by Gasteiger charge is -2.42. The molecule has 1 atom stereocenters. The zero-order valence-corrected chi connectivity index (χ0v) is 14.5.